The summed E-state index contributed by atoms with van der Waals surface area (Å²) in [6.07, 6.45) is -0.328. The maximum Gasteiger partial charge on any atom is 0.201 e. The molecular weight excluding hydrogens is 563 g/mol. The van der Waals surface area contributed by atoms with Crippen molar-refractivity contribution in [2.24, 2.45) is 4.99 Å². The Kier molecular flexibility index (Phi) is 4.81. The minimum atomic E-state index is -0.328. The van der Waals surface area contributed by atoms with Crippen LogP contribution in [-0.2, 0) is 0 Å². The number of thiophene rings is 2. The molecule has 3 aromatic heterocycles. The molecule has 0 amide bonds. The number of nitrogens with zero attached hydrogens (tertiary/aromatic N) is 2. The maximum absolute atomic E-state index is 5.55. The van der Waals surface area contributed by atoms with Crippen LogP contribution in [0.2, 0.25) is 0 Å². The molecule has 1 aliphatic rings. The molecule has 43 heavy (non-hydrogen) atoms. The van der Waals surface area contributed by atoms with Gasteiger partial charge in [-0.2, -0.15) is 0 Å². The first kappa shape index (κ1) is 23.6. The van der Waals surface area contributed by atoms with Crippen LogP contribution in [0.3, 0.4) is 0 Å². The van der Waals surface area contributed by atoms with Crippen molar-refractivity contribution in [1.82, 2.24) is 9.88 Å². The topological polar surface area (TPSA) is 29.3 Å². The molecule has 1 aliphatic heterocycles. The molecule has 1 atom stereocenters. The molecule has 10 rings (SSSR count). The molecule has 0 saturated heterocycles. The van der Waals surface area contributed by atoms with Gasteiger partial charge in [-0.1, -0.05) is 109 Å². The van der Waals surface area contributed by atoms with Crippen LogP contribution < -0.4 is 15.2 Å². The SMILES string of the molecule is c1ccc(C2=c3sc4ccccc4c3=NC(n3c4ccccc4c4c5ccccc5c5sc6ccccc6c5c43)N2)cc1. The summed E-state index contributed by atoms with van der Waals surface area (Å²) < 4.78 is 7.56. The second-order valence-corrected chi connectivity index (χ2v) is 13.2. The van der Waals surface area contributed by atoms with E-state index >= 15 is 0 Å². The standard InChI is InChI=1S/C38H23N3S2/c1-2-12-22(13-3-1)33-37-34(27-18-8-11-21-30(27)43-37)40-38(39-33)41-28-19-9-6-16-25(28)31-23-14-4-5-15-24(23)36-32(35(31)41)26-17-7-10-20-29(26)42-36/h1-21,38-39H. The zero-order valence-electron chi connectivity index (χ0n) is 22.9. The molecule has 0 radical (unpaired) electrons. The van der Waals surface area contributed by atoms with Crippen molar-refractivity contribution in [2.75, 3.05) is 0 Å². The molecule has 202 valence electrons. The van der Waals surface area contributed by atoms with E-state index in [1.165, 1.54) is 72.9 Å². The Morgan fingerprint density at radius 2 is 1.19 bits per heavy atom. The van der Waals surface area contributed by atoms with Crippen molar-refractivity contribution in [3.63, 3.8) is 0 Å². The molecule has 0 aliphatic carbocycles. The number of hydrogen-bond donors (Lipinski definition) is 1. The van der Waals surface area contributed by atoms with Crippen LogP contribution in [0.25, 0.3) is 68.5 Å². The minimum Gasteiger partial charge on any atom is -0.345 e. The van der Waals surface area contributed by atoms with Crippen LogP contribution >= 0.6 is 22.7 Å². The van der Waals surface area contributed by atoms with Crippen LogP contribution in [0.4, 0.5) is 0 Å². The molecule has 1 N–H and O–H groups in total. The Hall–Kier alpha value is -4.97. The molecule has 5 heteroatoms. The molecule has 4 heterocycles. The van der Waals surface area contributed by atoms with Gasteiger partial charge in [0.25, 0.3) is 0 Å². The van der Waals surface area contributed by atoms with E-state index in [9.17, 15) is 0 Å². The van der Waals surface area contributed by atoms with Gasteiger partial charge in [0.05, 0.1) is 26.6 Å². The van der Waals surface area contributed by atoms with Crippen LogP contribution in [0.1, 0.15) is 11.9 Å². The predicted octanol–water partition coefficient (Wildman–Crippen LogP) is 9.07. The second kappa shape index (κ2) is 8.77. The van der Waals surface area contributed by atoms with Gasteiger partial charge >= 0.3 is 0 Å². The monoisotopic (exact) mass is 585 g/mol. The van der Waals surface area contributed by atoms with Crippen LogP contribution in [0.15, 0.2) is 132 Å². The predicted molar refractivity (Wildman–Crippen MR) is 184 cm³/mol. The Morgan fingerprint density at radius 1 is 0.558 bits per heavy atom. The third-order valence-electron chi connectivity index (χ3n) is 8.81. The van der Waals surface area contributed by atoms with E-state index in [1.54, 1.807) is 0 Å². The molecule has 0 fully saturated rings. The van der Waals surface area contributed by atoms with Crippen molar-refractivity contribution in [3.05, 3.63) is 143 Å². The first-order valence-electron chi connectivity index (χ1n) is 14.5. The summed E-state index contributed by atoms with van der Waals surface area (Å²) in [5.74, 6) is 0. The third-order valence-corrected chi connectivity index (χ3v) is 11.2. The quantitative estimate of drug-likeness (QED) is 0.215. The zero-order chi connectivity index (χ0) is 28.1. The zero-order valence-corrected chi connectivity index (χ0v) is 24.5. The first-order valence-corrected chi connectivity index (χ1v) is 16.1. The highest BCUT2D eigenvalue weighted by molar-refractivity contribution is 7.27. The van der Waals surface area contributed by atoms with Gasteiger partial charge < -0.3 is 9.88 Å². The highest BCUT2D eigenvalue weighted by Gasteiger charge is 2.27. The van der Waals surface area contributed by atoms with Gasteiger partial charge in [0.2, 0.25) is 6.29 Å². The van der Waals surface area contributed by atoms with Crippen LogP contribution in [0, 0.1) is 0 Å². The molecule has 6 aromatic carbocycles. The van der Waals surface area contributed by atoms with Gasteiger partial charge in [-0.15, -0.1) is 22.7 Å². The lowest BCUT2D eigenvalue weighted by atomic mass is 10.00. The van der Waals surface area contributed by atoms with Gasteiger partial charge in [-0.05, 0) is 29.1 Å². The number of benzene rings is 6. The lowest BCUT2D eigenvalue weighted by Gasteiger charge is -2.25. The Labute approximate surface area is 254 Å². The highest BCUT2D eigenvalue weighted by Crippen LogP contribution is 2.47. The van der Waals surface area contributed by atoms with Gasteiger partial charge in [0.1, 0.15) is 0 Å². The van der Waals surface area contributed by atoms with E-state index in [0.29, 0.717) is 0 Å². The van der Waals surface area contributed by atoms with Crippen molar-refractivity contribution < 1.29 is 0 Å². The van der Waals surface area contributed by atoms with Crippen molar-refractivity contribution in [2.45, 2.75) is 6.29 Å². The van der Waals surface area contributed by atoms with Gasteiger partial charge in [-0.25, -0.2) is 4.99 Å². The number of rotatable bonds is 2. The van der Waals surface area contributed by atoms with E-state index < -0.39 is 0 Å². The van der Waals surface area contributed by atoms with E-state index in [1.807, 2.05) is 22.7 Å². The molecule has 0 bridgehead atoms. The van der Waals surface area contributed by atoms with Gasteiger partial charge in [0, 0.05) is 46.4 Å². The van der Waals surface area contributed by atoms with E-state index in [-0.39, 0.29) is 6.29 Å². The molecular formula is C38H23N3S2. The summed E-state index contributed by atoms with van der Waals surface area (Å²) in [7, 11) is 0. The summed E-state index contributed by atoms with van der Waals surface area (Å²) in [6, 6.07) is 46.0. The van der Waals surface area contributed by atoms with E-state index in [0.717, 1.165) is 11.1 Å². The lowest BCUT2D eigenvalue weighted by molar-refractivity contribution is 0.493. The summed E-state index contributed by atoms with van der Waals surface area (Å²) in [4.78, 5) is 5.55. The Balaban J connectivity index is 1.41. The first-order chi connectivity index (χ1) is 21.3. The molecule has 9 aromatic rings. The smallest absolute Gasteiger partial charge is 0.201 e. The lowest BCUT2D eigenvalue weighted by Crippen LogP contribution is -2.39. The van der Waals surface area contributed by atoms with Crippen LogP contribution in [0.5, 0.6) is 0 Å². The summed E-state index contributed by atoms with van der Waals surface area (Å²) in [5.41, 5.74) is 4.73. The van der Waals surface area contributed by atoms with E-state index in [4.69, 9.17) is 4.99 Å². The van der Waals surface area contributed by atoms with Crippen LogP contribution in [-0.4, -0.2) is 4.57 Å². The molecule has 3 nitrogen and oxygen atoms in total. The Bertz CT molecular complexity index is 2710. The fourth-order valence-electron chi connectivity index (χ4n) is 7.03. The average molecular weight is 586 g/mol. The molecule has 0 saturated carbocycles. The molecule has 0 spiro atoms. The maximum atomic E-state index is 5.55. The van der Waals surface area contributed by atoms with Crippen molar-refractivity contribution in [1.29, 1.82) is 0 Å². The normalized spacial score (nSPS) is 15.1. The van der Waals surface area contributed by atoms with Crippen molar-refractivity contribution >= 4 is 91.2 Å². The second-order valence-electron chi connectivity index (χ2n) is 11.1. The number of nitrogens with one attached hydrogen (secondary N) is 1. The highest BCUT2D eigenvalue weighted by atomic mass is 32.1. The summed E-state index contributed by atoms with van der Waals surface area (Å²) in [5, 5.41) is 14.0. The summed E-state index contributed by atoms with van der Waals surface area (Å²) in [6.45, 7) is 0. The van der Waals surface area contributed by atoms with Gasteiger partial charge in [0.15, 0.2) is 0 Å². The number of hydrogen-bond acceptors (Lipinski definition) is 4. The van der Waals surface area contributed by atoms with E-state index in [2.05, 4.69) is 137 Å². The molecule has 1 unspecified atom stereocenters. The number of fused-ring (bicyclic) bond motifs is 13. The van der Waals surface area contributed by atoms with Gasteiger partial charge in [-0.3, -0.25) is 0 Å². The Morgan fingerprint density at radius 3 is 2.00 bits per heavy atom. The third kappa shape index (κ3) is 3.21. The minimum absolute atomic E-state index is 0.328. The van der Waals surface area contributed by atoms with Crippen molar-refractivity contribution in [3.8, 4) is 0 Å². The number of aromatic nitrogens is 1. The average Bonchev–Trinajstić information content (AvgIpc) is 3.75. The number of para-hydroxylation sites is 1. The summed E-state index contributed by atoms with van der Waals surface area (Å²) >= 11 is 3.71. The largest absolute Gasteiger partial charge is 0.345 e. The fraction of sp³-hybridized carbons (Fsp3) is 0.0263. The fourth-order valence-corrected chi connectivity index (χ4v) is 9.45.